The third-order valence-corrected chi connectivity index (χ3v) is 2.93. The van der Waals surface area contributed by atoms with E-state index in [1.54, 1.807) is 0 Å². The molecule has 0 bridgehead atoms. The van der Waals surface area contributed by atoms with E-state index in [0.29, 0.717) is 5.92 Å². The zero-order valence-electron chi connectivity index (χ0n) is 9.37. The minimum absolute atomic E-state index is 0.435. The number of rotatable bonds is 3. The van der Waals surface area contributed by atoms with Crippen molar-refractivity contribution in [1.29, 1.82) is 0 Å². The fourth-order valence-corrected chi connectivity index (χ4v) is 1.69. The van der Waals surface area contributed by atoms with Crippen LogP contribution in [0.3, 0.4) is 0 Å². The summed E-state index contributed by atoms with van der Waals surface area (Å²) in [5.74, 6) is 0.435. The Morgan fingerprint density at radius 3 is 2.56 bits per heavy atom. The minimum atomic E-state index is 0.435. The molecule has 1 aliphatic rings. The highest BCUT2D eigenvalue weighted by Crippen LogP contribution is 2.23. The first-order valence-electron chi connectivity index (χ1n) is 5.40. The number of anilines is 1. The van der Waals surface area contributed by atoms with Gasteiger partial charge in [-0.05, 0) is 31.0 Å². The van der Waals surface area contributed by atoms with Crippen LogP contribution in [0.1, 0.15) is 19.3 Å². The molecular weight excluding hydrogens is 268 g/mol. The van der Waals surface area contributed by atoms with E-state index in [0.717, 1.165) is 29.3 Å². The first kappa shape index (κ1) is 13.2. The van der Waals surface area contributed by atoms with Gasteiger partial charge >= 0.3 is 0 Å². The topological polar surface area (TPSA) is 41.1 Å². The Morgan fingerprint density at radius 1 is 1.44 bits per heavy atom. The van der Waals surface area contributed by atoms with Crippen LogP contribution in [0.2, 0.25) is 0 Å². The Balaban J connectivity index is 0.000000181. The van der Waals surface area contributed by atoms with E-state index >= 15 is 0 Å². The van der Waals surface area contributed by atoms with Crippen molar-refractivity contribution < 1.29 is 4.79 Å². The number of benzene rings is 1. The standard InChI is InChI=1S/C7H9BrN2.C5H8O/c1-9-10-7-4-2-3-6(8)5-7;6-4-5-2-1-3-5/h2-5,9-10H,1H3;4-5H,1-3H2. The second kappa shape index (κ2) is 7.41. The summed E-state index contributed by atoms with van der Waals surface area (Å²) in [6.45, 7) is 0. The van der Waals surface area contributed by atoms with E-state index in [1.165, 1.54) is 6.42 Å². The molecule has 1 aliphatic carbocycles. The summed E-state index contributed by atoms with van der Waals surface area (Å²) in [6.07, 6.45) is 4.61. The van der Waals surface area contributed by atoms with Crippen LogP contribution in [0.5, 0.6) is 0 Å². The molecule has 0 aliphatic heterocycles. The van der Waals surface area contributed by atoms with Gasteiger partial charge in [0, 0.05) is 23.1 Å². The third kappa shape index (κ3) is 4.77. The Morgan fingerprint density at radius 2 is 2.19 bits per heavy atom. The lowest BCUT2D eigenvalue weighted by molar-refractivity contribution is -0.113. The van der Waals surface area contributed by atoms with Gasteiger partial charge in [-0.15, -0.1) is 0 Å². The molecular formula is C12H17BrN2O. The second-order valence-corrected chi connectivity index (χ2v) is 4.63. The van der Waals surface area contributed by atoms with Gasteiger partial charge in [-0.2, -0.15) is 0 Å². The first-order valence-corrected chi connectivity index (χ1v) is 6.19. The maximum Gasteiger partial charge on any atom is 0.123 e. The SMILES string of the molecule is CNNc1cccc(Br)c1.O=CC1CCC1. The summed E-state index contributed by atoms with van der Waals surface area (Å²) in [4.78, 5) is 9.79. The molecule has 0 amide bonds. The van der Waals surface area contributed by atoms with Crippen LogP contribution in [0, 0.1) is 5.92 Å². The van der Waals surface area contributed by atoms with Crippen LogP contribution in [0.4, 0.5) is 5.69 Å². The molecule has 0 heterocycles. The van der Waals surface area contributed by atoms with E-state index < -0.39 is 0 Å². The summed E-state index contributed by atoms with van der Waals surface area (Å²) < 4.78 is 1.08. The lowest BCUT2D eigenvalue weighted by Crippen LogP contribution is -2.14. The molecule has 4 heteroatoms. The average molecular weight is 285 g/mol. The summed E-state index contributed by atoms with van der Waals surface area (Å²) >= 11 is 3.36. The van der Waals surface area contributed by atoms with Crippen LogP contribution in [-0.2, 0) is 4.79 Å². The largest absolute Gasteiger partial charge is 0.322 e. The maximum atomic E-state index is 9.79. The fourth-order valence-electron chi connectivity index (χ4n) is 1.29. The van der Waals surface area contributed by atoms with Crippen molar-refractivity contribution >= 4 is 27.9 Å². The zero-order chi connectivity index (χ0) is 11.8. The predicted octanol–water partition coefficient (Wildman–Crippen LogP) is 2.98. The fraction of sp³-hybridized carbons (Fsp3) is 0.417. The molecule has 2 N–H and O–H groups in total. The van der Waals surface area contributed by atoms with Gasteiger partial charge in [-0.3, -0.25) is 0 Å². The summed E-state index contributed by atoms with van der Waals surface area (Å²) in [5, 5.41) is 0. The van der Waals surface area contributed by atoms with Crippen LogP contribution in [0.15, 0.2) is 28.7 Å². The predicted molar refractivity (Wildman–Crippen MR) is 70.2 cm³/mol. The Bertz CT molecular complexity index is 327. The van der Waals surface area contributed by atoms with Gasteiger partial charge in [-0.25, -0.2) is 5.43 Å². The van der Waals surface area contributed by atoms with Gasteiger partial charge in [0.1, 0.15) is 6.29 Å². The zero-order valence-corrected chi connectivity index (χ0v) is 11.0. The van der Waals surface area contributed by atoms with Crippen molar-refractivity contribution in [3.63, 3.8) is 0 Å². The number of carbonyl (C=O) groups is 1. The van der Waals surface area contributed by atoms with E-state index in [-0.39, 0.29) is 0 Å². The highest BCUT2D eigenvalue weighted by molar-refractivity contribution is 9.10. The van der Waals surface area contributed by atoms with Gasteiger partial charge < -0.3 is 10.2 Å². The Hall–Kier alpha value is -0.870. The highest BCUT2D eigenvalue weighted by Gasteiger charge is 2.14. The Labute approximate surface area is 105 Å². The van der Waals surface area contributed by atoms with Crippen molar-refractivity contribution in [1.82, 2.24) is 5.43 Å². The quantitative estimate of drug-likeness (QED) is 0.662. The van der Waals surface area contributed by atoms with E-state index in [9.17, 15) is 4.79 Å². The van der Waals surface area contributed by atoms with Crippen molar-refractivity contribution in [2.75, 3.05) is 12.5 Å². The number of aldehydes is 1. The lowest BCUT2D eigenvalue weighted by Gasteiger charge is -2.17. The molecule has 1 fully saturated rings. The Kier molecular flexibility index (Phi) is 6.11. The van der Waals surface area contributed by atoms with E-state index in [2.05, 4.69) is 26.8 Å². The maximum absolute atomic E-state index is 9.79. The molecule has 0 saturated heterocycles. The van der Waals surface area contributed by atoms with Gasteiger partial charge in [0.2, 0.25) is 0 Å². The van der Waals surface area contributed by atoms with E-state index in [1.807, 2.05) is 31.3 Å². The number of hydrogen-bond acceptors (Lipinski definition) is 3. The van der Waals surface area contributed by atoms with Crippen LogP contribution in [0.25, 0.3) is 0 Å². The number of carbonyl (C=O) groups excluding carboxylic acids is 1. The van der Waals surface area contributed by atoms with Crippen molar-refractivity contribution in [3.8, 4) is 0 Å². The number of hydrazine groups is 1. The molecule has 3 nitrogen and oxygen atoms in total. The van der Waals surface area contributed by atoms with Gasteiger partial charge in [0.15, 0.2) is 0 Å². The number of hydrogen-bond donors (Lipinski definition) is 2. The second-order valence-electron chi connectivity index (χ2n) is 3.71. The molecule has 0 unspecified atom stereocenters. The molecule has 0 aromatic heterocycles. The molecule has 1 saturated carbocycles. The number of halogens is 1. The van der Waals surface area contributed by atoms with Gasteiger partial charge in [0.25, 0.3) is 0 Å². The molecule has 0 atom stereocenters. The molecule has 88 valence electrons. The van der Waals surface area contributed by atoms with Crippen molar-refractivity contribution in [3.05, 3.63) is 28.7 Å². The summed E-state index contributed by atoms with van der Waals surface area (Å²) in [6, 6.07) is 7.95. The van der Waals surface area contributed by atoms with E-state index in [4.69, 9.17) is 0 Å². The first-order chi connectivity index (χ1) is 7.76. The molecule has 0 radical (unpaired) electrons. The van der Waals surface area contributed by atoms with Crippen LogP contribution < -0.4 is 10.9 Å². The molecule has 16 heavy (non-hydrogen) atoms. The molecule has 1 aromatic rings. The molecule has 0 spiro atoms. The monoisotopic (exact) mass is 284 g/mol. The van der Waals surface area contributed by atoms with Crippen molar-refractivity contribution in [2.45, 2.75) is 19.3 Å². The molecule has 2 rings (SSSR count). The summed E-state index contributed by atoms with van der Waals surface area (Å²) in [5.41, 5.74) is 6.86. The highest BCUT2D eigenvalue weighted by atomic mass is 79.9. The van der Waals surface area contributed by atoms with Gasteiger partial charge in [-0.1, -0.05) is 28.4 Å². The van der Waals surface area contributed by atoms with Crippen molar-refractivity contribution in [2.24, 2.45) is 5.92 Å². The minimum Gasteiger partial charge on any atom is -0.322 e. The third-order valence-electron chi connectivity index (χ3n) is 2.44. The lowest BCUT2D eigenvalue weighted by atomic mass is 9.87. The number of nitrogens with one attached hydrogen (secondary N) is 2. The van der Waals surface area contributed by atoms with Gasteiger partial charge in [0.05, 0.1) is 0 Å². The summed E-state index contributed by atoms with van der Waals surface area (Å²) in [7, 11) is 1.83. The average Bonchev–Trinajstić information content (AvgIpc) is 2.17. The molecule has 1 aromatic carbocycles. The van der Waals surface area contributed by atoms with Crippen LogP contribution in [-0.4, -0.2) is 13.3 Å². The smallest absolute Gasteiger partial charge is 0.123 e. The van der Waals surface area contributed by atoms with Crippen LogP contribution >= 0.6 is 15.9 Å². The normalized spacial score (nSPS) is 14.4.